The van der Waals surface area contributed by atoms with E-state index in [9.17, 15) is 29.1 Å². The molecule has 0 radical (unpaired) electrons. The molecule has 0 fully saturated rings. The van der Waals surface area contributed by atoms with Gasteiger partial charge in [0.05, 0.1) is 12.5 Å². The van der Waals surface area contributed by atoms with Crippen molar-refractivity contribution in [1.29, 1.82) is 0 Å². The second-order valence-electron chi connectivity index (χ2n) is 7.20. The van der Waals surface area contributed by atoms with E-state index >= 15 is 0 Å². The van der Waals surface area contributed by atoms with Crippen molar-refractivity contribution in [2.24, 2.45) is 27.9 Å². The topological polar surface area (TPSA) is 258 Å². The van der Waals surface area contributed by atoms with Crippen LogP contribution in [-0.4, -0.2) is 83.4 Å². The highest BCUT2D eigenvalue weighted by Crippen LogP contribution is 2.03. The van der Waals surface area contributed by atoms with Crippen molar-refractivity contribution in [2.75, 3.05) is 18.6 Å². The first-order chi connectivity index (χ1) is 15.4. The maximum absolute atomic E-state index is 12.6. The van der Waals surface area contributed by atoms with Gasteiger partial charge in [0, 0.05) is 6.54 Å². The molecule has 0 aliphatic rings. The molecule has 0 saturated carbocycles. The maximum Gasteiger partial charge on any atom is 0.326 e. The zero-order valence-corrected chi connectivity index (χ0v) is 19.5. The highest BCUT2D eigenvalue weighted by Gasteiger charge is 2.29. The van der Waals surface area contributed by atoms with Crippen LogP contribution in [0.5, 0.6) is 0 Å². The van der Waals surface area contributed by atoms with Gasteiger partial charge in [0.2, 0.25) is 23.6 Å². The molecule has 0 heterocycles. The minimum atomic E-state index is -1.37. The van der Waals surface area contributed by atoms with Gasteiger partial charge in [0.25, 0.3) is 0 Å². The Bertz CT molecular complexity index is 731. The number of aliphatic carboxylic acids is 1. The van der Waals surface area contributed by atoms with Crippen molar-refractivity contribution in [2.45, 2.75) is 56.8 Å². The Kier molecular flexibility index (Phi) is 14.2. The number of rotatable bonds is 16. The number of aliphatic imine (C=N–C) groups is 1. The first-order valence-corrected chi connectivity index (χ1v) is 11.5. The minimum Gasteiger partial charge on any atom is -0.480 e. The summed E-state index contributed by atoms with van der Waals surface area (Å²) in [5, 5.41) is 16.2. The number of nitrogens with zero attached hydrogens (tertiary/aromatic N) is 1. The highest BCUT2D eigenvalue weighted by atomic mass is 32.2. The van der Waals surface area contributed by atoms with Crippen molar-refractivity contribution < 1.29 is 29.1 Å². The van der Waals surface area contributed by atoms with E-state index in [1.54, 1.807) is 6.26 Å². The SMILES string of the molecule is CSCCC(NC(=O)C(C)NC(=O)C(CC(N)=O)NC(=O)C(N)CCCN=C(N)N)C(=O)O. The summed E-state index contributed by atoms with van der Waals surface area (Å²) in [7, 11) is 0. The lowest BCUT2D eigenvalue weighted by atomic mass is 10.1. The molecule has 33 heavy (non-hydrogen) atoms. The van der Waals surface area contributed by atoms with E-state index in [2.05, 4.69) is 20.9 Å². The number of nitrogens with two attached hydrogens (primary N) is 4. The number of amides is 4. The molecule has 0 aromatic rings. The van der Waals surface area contributed by atoms with Crippen LogP contribution < -0.4 is 38.9 Å². The van der Waals surface area contributed by atoms with E-state index in [4.69, 9.17) is 22.9 Å². The number of hydrogen-bond donors (Lipinski definition) is 8. The van der Waals surface area contributed by atoms with Gasteiger partial charge < -0.3 is 44.0 Å². The average molecular weight is 491 g/mol. The number of guanidine groups is 1. The predicted molar refractivity (Wildman–Crippen MR) is 124 cm³/mol. The molecule has 0 bridgehead atoms. The summed E-state index contributed by atoms with van der Waals surface area (Å²) in [5.74, 6) is -3.95. The van der Waals surface area contributed by atoms with E-state index in [1.807, 2.05) is 0 Å². The largest absolute Gasteiger partial charge is 0.480 e. The van der Waals surface area contributed by atoms with Crippen LogP contribution >= 0.6 is 11.8 Å². The third-order valence-electron chi connectivity index (χ3n) is 4.32. The molecule has 0 spiro atoms. The van der Waals surface area contributed by atoms with Crippen molar-refractivity contribution in [3.8, 4) is 0 Å². The minimum absolute atomic E-state index is 0.0942. The molecule has 0 aliphatic heterocycles. The molecular weight excluding hydrogens is 456 g/mol. The van der Waals surface area contributed by atoms with Gasteiger partial charge in [-0.15, -0.1) is 0 Å². The molecule has 14 nitrogen and oxygen atoms in total. The number of primary amides is 1. The zero-order valence-electron chi connectivity index (χ0n) is 18.7. The summed E-state index contributed by atoms with van der Waals surface area (Å²) in [5.41, 5.74) is 21.4. The lowest BCUT2D eigenvalue weighted by Gasteiger charge is -2.23. The molecule has 4 atom stereocenters. The van der Waals surface area contributed by atoms with Crippen molar-refractivity contribution in [3.63, 3.8) is 0 Å². The van der Waals surface area contributed by atoms with Gasteiger partial charge in [-0.25, -0.2) is 4.79 Å². The van der Waals surface area contributed by atoms with Gasteiger partial charge in [-0.2, -0.15) is 11.8 Å². The van der Waals surface area contributed by atoms with Crippen LogP contribution in [0.4, 0.5) is 0 Å². The van der Waals surface area contributed by atoms with E-state index < -0.39 is 60.2 Å². The first-order valence-electron chi connectivity index (χ1n) is 10.1. The Morgan fingerprint density at radius 3 is 2.06 bits per heavy atom. The number of thioether (sulfide) groups is 1. The molecule has 0 rings (SSSR count). The Hall–Kier alpha value is -3.07. The molecule has 4 unspecified atom stereocenters. The third kappa shape index (κ3) is 13.2. The van der Waals surface area contributed by atoms with Gasteiger partial charge in [0.15, 0.2) is 5.96 Å². The van der Waals surface area contributed by atoms with Crippen molar-refractivity contribution in [1.82, 2.24) is 16.0 Å². The molecule has 0 aromatic carbocycles. The second kappa shape index (κ2) is 15.7. The molecule has 0 saturated heterocycles. The van der Waals surface area contributed by atoms with Crippen LogP contribution in [0.1, 0.15) is 32.6 Å². The quantitative estimate of drug-likeness (QED) is 0.0602. The number of carbonyl (C=O) groups excluding carboxylic acids is 4. The van der Waals surface area contributed by atoms with Crippen LogP contribution in [0.2, 0.25) is 0 Å². The Morgan fingerprint density at radius 2 is 1.55 bits per heavy atom. The van der Waals surface area contributed by atoms with Gasteiger partial charge in [-0.3, -0.25) is 24.2 Å². The number of hydrogen-bond acceptors (Lipinski definition) is 8. The molecule has 4 amide bonds. The summed E-state index contributed by atoms with van der Waals surface area (Å²) >= 11 is 1.42. The van der Waals surface area contributed by atoms with Crippen molar-refractivity contribution >= 4 is 47.3 Å². The molecular formula is C18H34N8O6S. The Morgan fingerprint density at radius 1 is 0.939 bits per heavy atom. The van der Waals surface area contributed by atoms with Crippen LogP contribution in [0.15, 0.2) is 4.99 Å². The van der Waals surface area contributed by atoms with Gasteiger partial charge in [-0.1, -0.05) is 0 Å². The Balaban J connectivity index is 4.98. The summed E-state index contributed by atoms with van der Waals surface area (Å²) in [6, 6.07) is -4.65. The zero-order chi connectivity index (χ0) is 25.6. The fraction of sp³-hybridized carbons (Fsp3) is 0.667. The standard InChI is InChI=1S/C18H34N8O6S/c1-9(14(28)25-11(17(31)32)5-7-33-2)24-16(30)12(8-13(20)27)26-15(29)10(19)4-3-6-23-18(21)22/h9-12H,3-8,19H2,1-2H3,(H2,20,27)(H,24,30)(H,25,28)(H,26,29)(H,31,32)(H4,21,22,23). The molecule has 0 aromatic heterocycles. The number of carbonyl (C=O) groups is 5. The number of carboxylic acid groups (broad SMARTS) is 1. The normalized spacial score (nSPS) is 14.2. The average Bonchev–Trinajstić information content (AvgIpc) is 2.72. The molecule has 0 aliphatic carbocycles. The molecule has 12 N–H and O–H groups in total. The maximum atomic E-state index is 12.6. The Labute approximate surface area is 196 Å². The van der Waals surface area contributed by atoms with Crippen LogP contribution in [0.25, 0.3) is 0 Å². The summed E-state index contributed by atoms with van der Waals surface area (Å²) in [4.78, 5) is 63.6. The lowest BCUT2D eigenvalue weighted by molar-refractivity contribution is -0.142. The van der Waals surface area contributed by atoms with E-state index in [0.717, 1.165) is 0 Å². The van der Waals surface area contributed by atoms with E-state index in [0.29, 0.717) is 12.2 Å². The summed E-state index contributed by atoms with van der Waals surface area (Å²) in [6.45, 7) is 1.59. The second-order valence-corrected chi connectivity index (χ2v) is 8.18. The smallest absolute Gasteiger partial charge is 0.326 e. The fourth-order valence-corrected chi connectivity index (χ4v) is 2.98. The fourth-order valence-electron chi connectivity index (χ4n) is 2.51. The van der Waals surface area contributed by atoms with Gasteiger partial charge in [-0.05, 0) is 38.2 Å². The monoisotopic (exact) mass is 490 g/mol. The van der Waals surface area contributed by atoms with Gasteiger partial charge in [0.1, 0.15) is 18.1 Å². The third-order valence-corrected chi connectivity index (χ3v) is 4.96. The van der Waals surface area contributed by atoms with E-state index in [1.165, 1.54) is 18.7 Å². The van der Waals surface area contributed by atoms with Gasteiger partial charge >= 0.3 is 5.97 Å². The van der Waals surface area contributed by atoms with E-state index in [-0.39, 0.29) is 25.3 Å². The summed E-state index contributed by atoms with van der Waals surface area (Å²) < 4.78 is 0. The first kappa shape index (κ1) is 29.9. The predicted octanol–water partition coefficient (Wildman–Crippen LogP) is -3.45. The van der Waals surface area contributed by atoms with Crippen LogP contribution in [0, 0.1) is 0 Å². The number of carboxylic acids is 1. The van der Waals surface area contributed by atoms with Crippen molar-refractivity contribution in [3.05, 3.63) is 0 Å². The molecule has 188 valence electrons. The molecule has 15 heteroatoms. The number of nitrogens with one attached hydrogen (secondary N) is 3. The highest BCUT2D eigenvalue weighted by molar-refractivity contribution is 7.98. The van der Waals surface area contributed by atoms with Crippen LogP contribution in [-0.2, 0) is 24.0 Å². The lowest BCUT2D eigenvalue weighted by Crippen LogP contribution is -2.57. The van der Waals surface area contributed by atoms with Crippen LogP contribution in [0.3, 0.4) is 0 Å². The summed E-state index contributed by atoms with van der Waals surface area (Å²) in [6.07, 6.45) is 2.08.